The third kappa shape index (κ3) is 4.94. The molecule has 0 aliphatic heterocycles. The lowest BCUT2D eigenvalue weighted by Gasteiger charge is -2.19. The van der Waals surface area contributed by atoms with Gasteiger partial charge in [0.15, 0.2) is 0 Å². The van der Waals surface area contributed by atoms with Crippen molar-refractivity contribution in [1.82, 2.24) is 10.3 Å². The summed E-state index contributed by atoms with van der Waals surface area (Å²) in [7, 11) is 0. The molecule has 0 amide bonds. The quantitative estimate of drug-likeness (QED) is 0.807. The Labute approximate surface area is 126 Å². The van der Waals surface area contributed by atoms with Gasteiger partial charge in [0.2, 0.25) is 0 Å². The lowest BCUT2D eigenvalue weighted by atomic mass is 10.0. The second-order valence-electron chi connectivity index (χ2n) is 5.44. The van der Waals surface area contributed by atoms with Gasteiger partial charge in [-0.2, -0.15) is 0 Å². The van der Waals surface area contributed by atoms with Gasteiger partial charge in [-0.1, -0.05) is 38.0 Å². The molecule has 0 bridgehead atoms. The molecule has 2 nitrogen and oxygen atoms in total. The number of nitrogens with zero attached hydrogens (tertiary/aromatic N) is 1. The van der Waals surface area contributed by atoms with E-state index in [1.54, 1.807) is 0 Å². The van der Waals surface area contributed by atoms with Crippen LogP contribution in [0.3, 0.4) is 0 Å². The summed E-state index contributed by atoms with van der Waals surface area (Å²) in [6, 6.07) is 11.2. The Morgan fingerprint density at radius 1 is 1.14 bits per heavy atom. The van der Waals surface area contributed by atoms with Gasteiger partial charge in [-0.05, 0) is 42.7 Å². The third-order valence-corrected chi connectivity index (χ3v) is 3.64. The summed E-state index contributed by atoms with van der Waals surface area (Å²) in [5.41, 5.74) is 3.34. The zero-order chi connectivity index (χ0) is 15.1. The summed E-state index contributed by atoms with van der Waals surface area (Å²) in [5.74, 6) is -0.185. The summed E-state index contributed by atoms with van der Waals surface area (Å²) in [6.07, 6.45) is 5.28. The number of halogens is 1. The number of pyridine rings is 1. The van der Waals surface area contributed by atoms with Crippen molar-refractivity contribution in [3.63, 3.8) is 0 Å². The van der Waals surface area contributed by atoms with E-state index in [0.717, 1.165) is 37.1 Å². The summed E-state index contributed by atoms with van der Waals surface area (Å²) >= 11 is 0. The van der Waals surface area contributed by atoms with Gasteiger partial charge in [-0.25, -0.2) is 4.39 Å². The minimum absolute atomic E-state index is 0.185. The molecule has 1 aromatic heterocycles. The number of aromatic nitrogens is 1. The number of benzene rings is 1. The summed E-state index contributed by atoms with van der Waals surface area (Å²) < 4.78 is 13.1. The van der Waals surface area contributed by atoms with Gasteiger partial charge in [0, 0.05) is 24.5 Å². The lowest BCUT2D eigenvalue weighted by molar-refractivity contribution is 0.479. The third-order valence-electron chi connectivity index (χ3n) is 3.64. The van der Waals surface area contributed by atoms with Crippen molar-refractivity contribution in [1.29, 1.82) is 0 Å². The maximum Gasteiger partial charge on any atom is 0.123 e. The number of unbranched alkanes of at least 4 members (excludes halogenated alkanes) is 1. The van der Waals surface area contributed by atoms with Crippen molar-refractivity contribution < 1.29 is 4.39 Å². The van der Waals surface area contributed by atoms with Crippen molar-refractivity contribution in [2.75, 3.05) is 0 Å². The van der Waals surface area contributed by atoms with Crippen LogP contribution in [0.15, 0.2) is 42.6 Å². The molecule has 0 saturated heterocycles. The Bertz CT molecular complexity index is 534. The number of rotatable bonds is 7. The molecule has 0 radical (unpaired) electrons. The first-order chi connectivity index (χ1) is 10.2. The molecule has 0 aliphatic rings. The van der Waals surface area contributed by atoms with Crippen molar-refractivity contribution >= 4 is 0 Å². The van der Waals surface area contributed by atoms with Crippen molar-refractivity contribution in [2.24, 2.45) is 0 Å². The van der Waals surface area contributed by atoms with Gasteiger partial charge in [0.05, 0.1) is 0 Å². The first-order valence-corrected chi connectivity index (χ1v) is 7.59. The fourth-order valence-electron chi connectivity index (χ4n) is 2.33. The van der Waals surface area contributed by atoms with Gasteiger partial charge in [0.25, 0.3) is 0 Å². The fraction of sp³-hybridized carbons (Fsp3) is 0.389. The van der Waals surface area contributed by atoms with E-state index in [2.05, 4.69) is 23.3 Å². The van der Waals surface area contributed by atoms with E-state index in [9.17, 15) is 4.39 Å². The highest BCUT2D eigenvalue weighted by Crippen LogP contribution is 2.20. The van der Waals surface area contributed by atoms with Crippen molar-refractivity contribution in [2.45, 2.75) is 45.7 Å². The van der Waals surface area contributed by atoms with E-state index < -0.39 is 0 Å². The molecule has 1 aromatic carbocycles. The first-order valence-electron chi connectivity index (χ1n) is 7.59. The second kappa shape index (κ2) is 7.89. The number of nitrogens with one attached hydrogen (secondary N) is 1. The van der Waals surface area contributed by atoms with Crippen LogP contribution in [0.2, 0.25) is 0 Å². The molecule has 3 heteroatoms. The molecule has 21 heavy (non-hydrogen) atoms. The van der Waals surface area contributed by atoms with Gasteiger partial charge in [0.1, 0.15) is 5.82 Å². The number of hydrogen-bond acceptors (Lipinski definition) is 2. The molecule has 1 atom stereocenters. The maximum atomic E-state index is 13.1. The van der Waals surface area contributed by atoms with E-state index in [0.29, 0.717) is 0 Å². The van der Waals surface area contributed by atoms with Crippen LogP contribution in [0, 0.1) is 12.7 Å². The zero-order valence-corrected chi connectivity index (χ0v) is 12.8. The van der Waals surface area contributed by atoms with Crippen LogP contribution >= 0.6 is 0 Å². The largest absolute Gasteiger partial charge is 0.306 e. The molecule has 2 rings (SSSR count). The van der Waals surface area contributed by atoms with Crippen LogP contribution in [0.1, 0.15) is 49.0 Å². The smallest absolute Gasteiger partial charge is 0.123 e. The summed E-state index contributed by atoms with van der Waals surface area (Å²) in [5, 5.41) is 3.56. The standard InChI is InChI=1S/C18H23FN2/c1-3-4-5-18(16-8-10-17(19)11-9-16)21-13-15-7-6-14(2)20-12-15/h6-12,18,21H,3-5,13H2,1-2H3. The van der Waals surface area contributed by atoms with Crippen LogP contribution in [-0.4, -0.2) is 4.98 Å². The summed E-state index contributed by atoms with van der Waals surface area (Å²) in [4.78, 5) is 4.31. The molecular weight excluding hydrogens is 263 g/mol. The molecular formula is C18H23FN2. The lowest BCUT2D eigenvalue weighted by Crippen LogP contribution is -2.21. The Morgan fingerprint density at radius 3 is 2.52 bits per heavy atom. The average molecular weight is 286 g/mol. The highest BCUT2D eigenvalue weighted by molar-refractivity contribution is 5.20. The number of aryl methyl sites for hydroxylation is 1. The van der Waals surface area contributed by atoms with Crippen LogP contribution in [0.25, 0.3) is 0 Å². The Morgan fingerprint density at radius 2 is 1.90 bits per heavy atom. The van der Waals surface area contributed by atoms with E-state index >= 15 is 0 Å². The Balaban J connectivity index is 2.02. The monoisotopic (exact) mass is 286 g/mol. The van der Waals surface area contributed by atoms with Crippen LogP contribution in [-0.2, 0) is 6.54 Å². The molecule has 1 unspecified atom stereocenters. The van der Waals surface area contributed by atoms with Gasteiger partial charge >= 0.3 is 0 Å². The van der Waals surface area contributed by atoms with Crippen LogP contribution in [0.4, 0.5) is 4.39 Å². The predicted octanol–water partition coefficient (Wildman–Crippen LogP) is 4.55. The molecule has 1 heterocycles. The van der Waals surface area contributed by atoms with E-state index in [4.69, 9.17) is 0 Å². The van der Waals surface area contributed by atoms with E-state index in [-0.39, 0.29) is 11.9 Å². The molecule has 0 spiro atoms. The first kappa shape index (κ1) is 15.6. The molecule has 0 aliphatic carbocycles. The van der Waals surface area contributed by atoms with Gasteiger partial charge in [-0.15, -0.1) is 0 Å². The highest BCUT2D eigenvalue weighted by atomic mass is 19.1. The topological polar surface area (TPSA) is 24.9 Å². The predicted molar refractivity (Wildman–Crippen MR) is 84.5 cm³/mol. The maximum absolute atomic E-state index is 13.1. The molecule has 0 fully saturated rings. The second-order valence-corrected chi connectivity index (χ2v) is 5.44. The van der Waals surface area contributed by atoms with E-state index in [1.165, 1.54) is 17.7 Å². The van der Waals surface area contributed by atoms with Crippen molar-refractivity contribution in [3.8, 4) is 0 Å². The molecule has 1 N–H and O–H groups in total. The van der Waals surface area contributed by atoms with Gasteiger partial charge in [-0.3, -0.25) is 4.98 Å². The van der Waals surface area contributed by atoms with Crippen LogP contribution in [0.5, 0.6) is 0 Å². The van der Waals surface area contributed by atoms with Gasteiger partial charge < -0.3 is 5.32 Å². The molecule has 112 valence electrons. The highest BCUT2D eigenvalue weighted by Gasteiger charge is 2.10. The Hall–Kier alpha value is -1.74. The molecule has 2 aromatic rings. The molecule has 0 saturated carbocycles. The summed E-state index contributed by atoms with van der Waals surface area (Å²) in [6.45, 7) is 4.95. The van der Waals surface area contributed by atoms with Crippen molar-refractivity contribution in [3.05, 3.63) is 65.2 Å². The van der Waals surface area contributed by atoms with Crippen LogP contribution < -0.4 is 5.32 Å². The number of hydrogen-bond donors (Lipinski definition) is 1. The minimum atomic E-state index is -0.185. The minimum Gasteiger partial charge on any atom is -0.306 e. The SMILES string of the molecule is CCCCC(NCc1ccc(C)nc1)c1ccc(F)cc1. The normalized spacial score (nSPS) is 12.3. The van der Waals surface area contributed by atoms with E-state index in [1.807, 2.05) is 31.3 Å². The Kier molecular flexibility index (Phi) is 5.88. The average Bonchev–Trinajstić information content (AvgIpc) is 2.50. The fourth-order valence-corrected chi connectivity index (χ4v) is 2.33. The zero-order valence-electron chi connectivity index (χ0n) is 12.8.